The molecule has 0 spiro atoms. The molecule has 2 aliphatic heterocycles. The number of Topliss-reactive ketones (excluding diaryl/α,β-unsaturated/α-hetero) is 1. The predicted molar refractivity (Wildman–Crippen MR) is 140 cm³/mol. The average molecular weight is 527 g/mol. The summed E-state index contributed by atoms with van der Waals surface area (Å²) in [7, 11) is 0. The zero-order chi connectivity index (χ0) is 25.2. The fraction of sp³-hybridized carbons (Fsp3) is 0.520. The number of piperidine rings is 1. The second kappa shape index (κ2) is 10.7. The van der Waals surface area contributed by atoms with Crippen LogP contribution in [-0.2, 0) is 17.8 Å². The minimum Gasteiger partial charge on any atom is -0.481 e. The summed E-state index contributed by atoms with van der Waals surface area (Å²) in [5.41, 5.74) is 2.19. The highest BCUT2D eigenvalue weighted by molar-refractivity contribution is 7.15. The summed E-state index contributed by atoms with van der Waals surface area (Å²) >= 11 is 3.18. The number of hydrogen-bond acceptors (Lipinski definition) is 10. The lowest BCUT2D eigenvalue weighted by Crippen LogP contribution is -2.36. The van der Waals surface area contributed by atoms with Crippen LogP contribution in [0.2, 0.25) is 0 Å². The molecule has 0 bridgehead atoms. The number of carbonyl (C=O) groups excluding carboxylic acids is 1. The van der Waals surface area contributed by atoms with E-state index in [1.165, 1.54) is 19.0 Å². The molecule has 1 atom stereocenters. The average Bonchev–Trinajstić information content (AvgIpc) is 3.60. The zero-order valence-corrected chi connectivity index (χ0v) is 22.1. The maximum atomic E-state index is 13.0. The van der Waals surface area contributed by atoms with Crippen molar-refractivity contribution in [3.8, 4) is 10.7 Å². The van der Waals surface area contributed by atoms with Gasteiger partial charge in [0, 0.05) is 41.6 Å². The van der Waals surface area contributed by atoms with Crippen LogP contribution >= 0.6 is 22.7 Å². The predicted octanol–water partition coefficient (Wildman–Crippen LogP) is 4.08. The van der Waals surface area contributed by atoms with Crippen LogP contribution in [0.4, 0.5) is 5.82 Å². The Morgan fingerprint density at radius 2 is 1.92 bits per heavy atom. The Morgan fingerprint density at radius 1 is 1.11 bits per heavy atom. The first-order valence-electron chi connectivity index (χ1n) is 12.4. The Bertz CT molecular complexity index is 1230. The molecule has 5 heterocycles. The van der Waals surface area contributed by atoms with Crippen molar-refractivity contribution < 1.29 is 14.7 Å². The highest BCUT2D eigenvalue weighted by Crippen LogP contribution is 2.33. The molecular formula is C25H30N6O3S2. The molecule has 3 aromatic rings. The molecule has 2 aliphatic rings. The van der Waals surface area contributed by atoms with Crippen molar-refractivity contribution in [1.29, 1.82) is 0 Å². The molecule has 0 unspecified atom stereocenters. The van der Waals surface area contributed by atoms with Gasteiger partial charge in [-0.3, -0.25) is 14.5 Å². The molecule has 0 aromatic carbocycles. The lowest BCUT2D eigenvalue weighted by molar-refractivity contribution is -0.142. The number of likely N-dealkylation sites (tertiary alicyclic amines) is 1. The second-order valence-corrected chi connectivity index (χ2v) is 11.6. The standard InChI is InChI=1S/C25H30N6O3S2/c1-15-14-35-24(28-15)23-20(13-31-7-3-4-16(31)2)36-22(29-23)10-19(32)18-11-27-21(12-26-18)30-8-5-17(6-9-30)25(33)34/h11-12,14,16-17H,3-10,13H2,1-2H3,(H,33,34)/t16-/m1/s1. The molecule has 0 saturated carbocycles. The molecule has 2 fully saturated rings. The second-order valence-electron chi connectivity index (χ2n) is 9.59. The van der Waals surface area contributed by atoms with Gasteiger partial charge in [-0.25, -0.2) is 19.9 Å². The maximum Gasteiger partial charge on any atom is 0.306 e. The molecule has 36 heavy (non-hydrogen) atoms. The molecule has 5 rings (SSSR count). The number of aryl methyl sites for hydroxylation is 1. The fourth-order valence-corrected chi connectivity index (χ4v) is 6.81. The van der Waals surface area contributed by atoms with E-state index in [4.69, 9.17) is 4.98 Å². The van der Waals surface area contributed by atoms with Crippen LogP contribution in [0.3, 0.4) is 0 Å². The van der Waals surface area contributed by atoms with Crippen molar-refractivity contribution >= 4 is 40.2 Å². The largest absolute Gasteiger partial charge is 0.481 e. The SMILES string of the molecule is Cc1csc(-c2nc(CC(=O)c3cnc(N4CCC(C(=O)O)CC4)cn3)sc2CN2CCC[C@H]2C)n1. The molecule has 0 aliphatic carbocycles. The highest BCUT2D eigenvalue weighted by atomic mass is 32.1. The topological polar surface area (TPSA) is 112 Å². The maximum absolute atomic E-state index is 13.0. The lowest BCUT2D eigenvalue weighted by Gasteiger charge is -2.30. The third kappa shape index (κ3) is 5.47. The van der Waals surface area contributed by atoms with Gasteiger partial charge in [0.25, 0.3) is 0 Å². The van der Waals surface area contributed by atoms with Crippen LogP contribution in [0.5, 0.6) is 0 Å². The molecule has 9 nitrogen and oxygen atoms in total. The summed E-state index contributed by atoms with van der Waals surface area (Å²) in [6, 6.07) is 0.548. The van der Waals surface area contributed by atoms with E-state index in [0.29, 0.717) is 43.5 Å². The number of nitrogens with zero attached hydrogens (tertiary/aromatic N) is 6. The van der Waals surface area contributed by atoms with Gasteiger partial charge in [0.15, 0.2) is 5.78 Å². The number of anilines is 1. The number of carboxylic acid groups (broad SMARTS) is 1. The van der Waals surface area contributed by atoms with Gasteiger partial charge in [0.2, 0.25) is 0 Å². The summed E-state index contributed by atoms with van der Waals surface area (Å²) in [6.07, 6.45) is 6.90. The van der Waals surface area contributed by atoms with E-state index in [2.05, 4.69) is 26.8 Å². The first kappa shape index (κ1) is 24.9. The van der Waals surface area contributed by atoms with Gasteiger partial charge < -0.3 is 10.0 Å². The summed E-state index contributed by atoms with van der Waals surface area (Å²) in [6.45, 7) is 7.40. The van der Waals surface area contributed by atoms with E-state index < -0.39 is 5.97 Å². The number of aliphatic carboxylic acids is 1. The van der Waals surface area contributed by atoms with Crippen LogP contribution in [0.15, 0.2) is 17.8 Å². The van der Waals surface area contributed by atoms with E-state index in [9.17, 15) is 14.7 Å². The Balaban J connectivity index is 1.28. The quantitative estimate of drug-likeness (QED) is 0.434. The normalized spacial score (nSPS) is 19.2. The van der Waals surface area contributed by atoms with Crippen molar-refractivity contribution in [2.24, 2.45) is 5.92 Å². The molecule has 1 N–H and O–H groups in total. The van der Waals surface area contributed by atoms with E-state index in [0.717, 1.165) is 39.4 Å². The van der Waals surface area contributed by atoms with Gasteiger partial charge in [-0.05, 0) is 46.1 Å². The van der Waals surface area contributed by atoms with Gasteiger partial charge in [0.1, 0.15) is 27.2 Å². The molecular weight excluding hydrogens is 496 g/mol. The highest BCUT2D eigenvalue weighted by Gasteiger charge is 2.27. The van der Waals surface area contributed by atoms with Gasteiger partial charge in [-0.15, -0.1) is 22.7 Å². The Hall–Kier alpha value is -2.76. The number of ketones is 1. The number of hydrogen-bond donors (Lipinski definition) is 1. The number of carbonyl (C=O) groups is 2. The molecule has 11 heteroatoms. The number of thiazole rings is 2. The summed E-state index contributed by atoms with van der Waals surface area (Å²) in [5.74, 6) is -0.483. The van der Waals surface area contributed by atoms with Crippen LogP contribution in [0.25, 0.3) is 10.7 Å². The molecule has 3 aromatic heterocycles. The zero-order valence-electron chi connectivity index (χ0n) is 20.5. The van der Waals surface area contributed by atoms with E-state index >= 15 is 0 Å². The fourth-order valence-electron chi connectivity index (χ4n) is 4.84. The van der Waals surface area contributed by atoms with Crippen molar-refractivity contribution in [2.45, 2.75) is 58.5 Å². The first-order chi connectivity index (χ1) is 17.4. The Morgan fingerprint density at radius 3 is 2.53 bits per heavy atom. The smallest absolute Gasteiger partial charge is 0.306 e. The van der Waals surface area contributed by atoms with Crippen LogP contribution < -0.4 is 4.90 Å². The van der Waals surface area contributed by atoms with Crippen molar-refractivity contribution in [3.05, 3.63) is 39.0 Å². The number of rotatable bonds is 8. The van der Waals surface area contributed by atoms with Crippen molar-refractivity contribution in [1.82, 2.24) is 24.8 Å². The monoisotopic (exact) mass is 526 g/mol. The number of carboxylic acids is 1. The summed E-state index contributed by atoms with van der Waals surface area (Å²) < 4.78 is 0. The molecule has 0 amide bonds. The van der Waals surface area contributed by atoms with Gasteiger partial charge >= 0.3 is 5.97 Å². The Kier molecular flexibility index (Phi) is 7.40. The minimum absolute atomic E-state index is 0.115. The number of aromatic nitrogens is 4. The van der Waals surface area contributed by atoms with Crippen LogP contribution in [-0.4, -0.2) is 67.4 Å². The van der Waals surface area contributed by atoms with Crippen LogP contribution in [0, 0.1) is 12.8 Å². The summed E-state index contributed by atoms with van der Waals surface area (Å²) in [5, 5.41) is 12.9. The Labute approximate surface area is 218 Å². The third-order valence-corrected chi connectivity index (χ3v) is 9.01. The van der Waals surface area contributed by atoms with Gasteiger partial charge in [-0.2, -0.15) is 0 Å². The van der Waals surface area contributed by atoms with Gasteiger partial charge in [0.05, 0.1) is 24.7 Å². The molecule has 190 valence electrons. The van der Waals surface area contributed by atoms with E-state index in [1.807, 2.05) is 17.2 Å². The van der Waals surface area contributed by atoms with E-state index in [-0.39, 0.29) is 18.1 Å². The minimum atomic E-state index is -0.741. The first-order valence-corrected chi connectivity index (χ1v) is 14.0. The van der Waals surface area contributed by atoms with E-state index in [1.54, 1.807) is 28.9 Å². The molecule has 2 saturated heterocycles. The lowest BCUT2D eigenvalue weighted by atomic mass is 9.97. The third-order valence-electron chi connectivity index (χ3n) is 7.00. The van der Waals surface area contributed by atoms with Crippen molar-refractivity contribution in [3.63, 3.8) is 0 Å². The molecule has 0 radical (unpaired) electrons. The van der Waals surface area contributed by atoms with Crippen LogP contribution in [0.1, 0.15) is 58.7 Å². The summed E-state index contributed by atoms with van der Waals surface area (Å²) in [4.78, 5) is 48.2. The van der Waals surface area contributed by atoms with Gasteiger partial charge in [-0.1, -0.05) is 0 Å². The van der Waals surface area contributed by atoms with Crippen molar-refractivity contribution in [2.75, 3.05) is 24.5 Å².